The molecule has 2 aromatic heterocycles. The lowest BCUT2D eigenvalue weighted by Crippen LogP contribution is -2.20. The molecule has 0 saturated carbocycles. The predicted molar refractivity (Wildman–Crippen MR) is 91.3 cm³/mol. The van der Waals surface area contributed by atoms with Gasteiger partial charge in [0.05, 0.1) is 17.5 Å². The summed E-state index contributed by atoms with van der Waals surface area (Å²) in [4.78, 5) is 8.60. The smallest absolute Gasteiger partial charge is 0.350 e. The Morgan fingerprint density at radius 3 is 2.50 bits per heavy atom. The molecule has 0 aliphatic rings. The number of rotatable bonds is 5. The molecule has 0 aliphatic carbocycles. The van der Waals surface area contributed by atoms with Crippen LogP contribution in [0.25, 0.3) is 11.3 Å². The van der Waals surface area contributed by atoms with Crippen molar-refractivity contribution in [2.75, 3.05) is 5.32 Å². The molecule has 0 spiro atoms. The van der Waals surface area contributed by atoms with Gasteiger partial charge in [-0.2, -0.15) is 18.3 Å². The largest absolute Gasteiger partial charge is 0.416 e. The number of nitrogens with zero attached hydrogens (tertiary/aromatic N) is 4. The maximum absolute atomic E-state index is 12.7. The maximum atomic E-state index is 12.7. The number of aromatic nitrogens is 4. The van der Waals surface area contributed by atoms with Crippen molar-refractivity contribution < 1.29 is 13.2 Å². The van der Waals surface area contributed by atoms with Gasteiger partial charge in [0, 0.05) is 29.9 Å². The van der Waals surface area contributed by atoms with E-state index >= 15 is 0 Å². The molecule has 0 saturated heterocycles. The summed E-state index contributed by atoms with van der Waals surface area (Å²) < 4.78 is 38.0. The first-order valence-corrected chi connectivity index (χ1v) is 7.95. The van der Waals surface area contributed by atoms with Crippen LogP contribution in [0.3, 0.4) is 0 Å². The second-order valence-corrected chi connectivity index (χ2v) is 5.81. The Morgan fingerprint density at radius 1 is 1.08 bits per heavy atom. The van der Waals surface area contributed by atoms with Crippen molar-refractivity contribution in [2.24, 2.45) is 0 Å². The highest BCUT2D eigenvalue weighted by atomic mass is 19.4. The SMILES string of the molecule is C[C@@H](Cc1ccccn1)Nc1nncc(-c2ccc(C(F)(F)F)cc2)n1. The van der Waals surface area contributed by atoms with Gasteiger partial charge in [-0.15, -0.1) is 5.10 Å². The van der Waals surface area contributed by atoms with Crippen LogP contribution in [-0.2, 0) is 12.6 Å². The van der Waals surface area contributed by atoms with E-state index in [1.54, 1.807) is 6.20 Å². The third-order valence-corrected chi connectivity index (χ3v) is 3.68. The topological polar surface area (TPSA) is 63.6 Å². The molecule has 0 amide bonds. The number of alkyl halides is 3. The van der Waals surface area contributed by atoms with Gasteiger partial charge in [0.2, 0.25) is 5.95 Å². The van der Waals surface area contributed by atoms with Crippen LogP contribution in [0.5, 0.6) is 0 Å². The van der Waals surface area contributed by atoms with E-state index in [-0.39, 0.29) is 6.04 Å². The summed E-state index contributed by atoms with van der Waals surface area (Å²) in [7, 11) is 0. The van der Waals surface area contributed by atoms with Crippen molar-refractivity contribution in [3.05, 3.63) is 66.1 Å². The summed E-state index contributed by atoms with van der Waals surface area (Å²) in [6.45, 7) is 1.96. The van der Waals surface area contributed by atoms with Crippen LogP contribution in [-0.4, -0.2) is 26.2 Å². The molecule has 26 heavy (non-hydrogen) atoms. The molecule has 1 atom stereocenters. The van der Waals surface area contributed by atoms with Gasteiger partial charge in [-0.3, -0.25) is 4.98 Å². The van der Waals surface area contributed by atoms with E-state index in [2.05, 4.69) is 25.5 Å². The highest BCUT2D eigenvalue weighted by Crippen LogP contribution is 2.30. The van der Waals surface area contributed by atoms with Crippen LogP contribution in [0.4, 0.5) is 19.1 Å². The summed E-state index contributed by atoms with van der Waals surface area (Å²) in [5, 5.41) is 10.9. The second kappa shape index (κ2) is 7.47. The van der Waals surface area contributed by atoms with Crippen LogP contribution in [0.1, 0.15) is 18.2 Å². The van der Waals surface area contributed by atoms with E-state index in [1.807, 2.05) is 25.1 Å². The molecule has 0 aliphatic heterocycles. The zero-order valence-corrected chi connectivity index (χ0v) is 13.9. The molecular weight excluding hydrogens is 343 g/mol. The average Bonchev–Trinajstić information content (AvgIpc) is 2.62. The Kier molecular flexibility index (Phi) is 5.11. The normalized spacial score (nSPS) is 12.6. The third kappa shape index (κ3) is 4.53. The fourth-order valence-electron chi connectivity index (χ4n) is 2.44. The Labute approximate surface area is 148 Å². The number of hydrogen-bond acceptors (Lipinski definition) is 5. The number of hydrogen-bond donors (Lipinski definition) is 1. The van der Waals surface area contributed by atoms with Gasteiger partial charge < -0.3 is 5.32 Å². The van der Waals surface area contributed by atoms with Crippen molar-refractivity contribution in [2.45, 2.75) is 25.6 Å². The van der Waals surface area contributed by atoms with Crippen molar-refractivity contribution >= 4 is 5.95 Å². The Bertz CT molecular complexity index is 851. The second-order valence-electron chi connectivity index (χ2n) is 5.81. The minimum atomic E-state index is -4.37. The summed E-state index contributed by atoms with van der Waals surface area (Å²) in [5.74, 6) is 0.311. The highest BCUT2D eigenvalue weighted by molar-refractivity contribution is 5.59. The van der Waals surface area contributed by atoms with Crippen LogP contribution < -0.4 is 5.32 Å². The fourth-order valence-corrected chi connectivity index (χ4v) is 2.44. The van der Waals surface area contributed by atoms with Crippen molar-refractivity contribution in [3.63, 3.8) is 0 Å². The van der Waals surface area contributed by atoms with Crippen molar-refractivity contribution in [3.8, 4) is 11.3 Å². The van der Waals surface area contributed by atoms with E-state index in [0.717, 1.165) is 17.8 Å². The molecule has 5 nitrogen and oxygen atoms in total. The summed E-state index contributed by atoms with van der Waals surface area (Å²) in [6.07, 6.45) is -0.548. The summed E-state index contributed by atoms with van der Waals surface area (Å²) >= 11 is 0. The van der Waals surface area contributed by atoms with Gasteiger partial charge in [0.15, 0.2) is 0 Å². The van der Waals surface area contributed by atoms with E-state index in [1.165, 1.54) is 18.3 Å². The number of anilines is 1. The molecule has 8 heteroatoms. The fraction of sp³-hybridized carbons (Fsp3) is 0.222. The third-order valence-electron chi connectivity index (χ3n) is 3.68. The molecule has 0 unspecified atom stereocenters. The first kappa shape index (κ1) is 17.8. The van der Waals surface area contributed by atoms with Gasteiger partial charge in [-0.1, -0.05) is 18.2 Å². The van der Waals surface area contributed by atoms with Crippen LogP contribution in [0, 0.1) is 0 Å². The molecular formula is C18H16F3N5. The first-order valence-electron chi connectivity index (χ1n) is 7.95. The molecule has 0 fully saturated rings. The molecule has 2 heterocycles. The quantitative estimate of drug-likeness (QED) is 0.746. The first-order chi connectivity index (χ1) is 12.4. The van der Waals surface area contributed by atoms with Crippen LogP contribution in [0.2, 0.25) is 0 Å². The predicted octanol–water partition coefficient (Wildman–Crippen LogP) is 4.00. The zero-order valence-electron chi connectivity index (χ0n) is 13.9. The number of benzene rings is 1. The highest BCUT2D eigenvalue weighted by Gasteiger charge is 2.30. The molecule has 1 aromatic carbocycles. The lowest BCUT2D eigenvalue weighted by atomic mass is 10.1. The van der Waals surface area contributed by atoms with E-state index in [0.29, 0.717) is 23.6 Å². The number of nitrogens with one attached hydrogen (secondary N) is 1. The van der Waals surface area contributed by atoms with Gasteiger partial charge in [0.25, 0.3) is 0 Å². The number of halogens is 3. The molecule has 0 bridgehead atoms. The standard InChI is InChI=1S/C18H16F3N5/c1-12(10-15-4-2-3-9-22-15)24-17-25-16(11-23-26-17)13-5-7-14(8-6-13)18(19,20)21/h2-9,11-12H,10H2,1H3,(H,24,25,26)/t12-/m0/s1. The van der Waals surface area contributed by atoms with E-state index < -0.39 is 11.7 Å². The molecule has 3 rings (SSSR count). The Morgan fingerprint density at radius 2 is 1.85 bits per heavy atom. The molecule has 3 aromatic rings. The van der Waals surface area contributed by atoms with E-state index in [4.69, 9.17) is 0 Å². The van der Waals surface area contributed by atoms with Gasteiger partial charge in [-0.25, -0.2) is 4.98 Å². The Balaban J connectivity index is 1.72. The minimum absolute atomic E-state index is 0.00885. The summed E-state index contributed by atoms with van der Waals surface area (Å²) in [6, 6.07) is 10.5. The Hall–Kier alpha value is -3.03. The zero-order chi connectivity index (χ0) is 18.6. The van der Waals surface area contributed by atoms with Gasteiger partial charge in [0.1, 0.15) is 0 Å². The van der Waals surface area contributed by atoms with Crippen LogP contribution >= 0.6 is 0 Å². The van der Waals surface area contributed by atoms with Gasteiger partial charge >= 0.3 is 6.18 Å². The average molecular weight is 359 g/mol. The van der Waals surface area contributed by atoms with Crippen LogP contribution in [0.15, 0.2) is 54.9 Å². The molecule has 134 valence electrons. The summed E-state index contributed by atoms with van der Waals surface area (Å²) in [5.41, 5.74) is 1.21. The molecule has 0 radical (unpaired) electrons. The van der Waals surface area contributed by atoms with Crippen molar-refractivity contribution in [1.29, 1.82) is 0 Å². The molecule has 1 N–H and O–H groups in total. The monoisotopic (exact) mass is 359 g/mol. The van der Waals surface area contributed by atoms with Gasteiger partial charge in [-0.05, 0) is 31.2 Å². The lowest BCUT2D eigenvalue weighted by molar-refractivity contribution is -0.137. The minimum Gasteiger partial charge on any atom is -0.350 e. The number of pyridine rings is 1. The maximum Gasteiger partial charge on any atom is 0.416 e. The van der Waals surface area contributed by atoms with Crippen molar-refractivity contribution in [1.82, 2.24) is 20.2 Å². The van der Waals surface area contributed by atoms with E-state index in [9.17, 15) is 13.2 Å². The lowest BCUT2D eigenvalue weighted by Gasteiger charge is -2.13.